The van der Waals surface area contributed by atoms with Gasteiger partial charge in [0, 0.05) is 23.2 Å². The van der Waals surface area contributed by atoms with E-state index in [1.54, 1.807) is 18.2 Å². The van der Waals surface area contributed by atoms with E-state index in [2.05, 4.69) is 21.4 Å². The monoisotopic (exact) mass is 299 g/mol. The van der Waals surface area contributed by atoms with Gasteiger partial charge in [-0.25, -0.2) is 5.01 Å². The number of halogens is 1. The third kappa shape index (κ3) is 3.18. The number of amides is 1. The van der Waals surface area contributed by atoms with Crippen LogP contribution in [0.4, 0.5) is 5.69 Å². The third-order valence-electron chi connectivity index (χ3n) is 2.51. The first kappa shape index (κ1) is 12.3. The first-order valence-corrected chi connectivity index (χ1v) is 6.15. The van der Waals surface area contributed by atoms with E-state index in [9.17, 15) is 4.79 Å². The van der Waals surface area contributed by atoms with Crippen LogP contribution in [0.5, 0.6) is 0 Å². The lowest BCUT2D eigenvalue weighted by Gasteiger charge is -2.27. The second kappa shape index (κ2) is 5.48. The fraction of sp³-hybridized carbons (Fsp3) is 0.364. The fourth-order valence-electron chi connectivity index (χ4n) is 1.60. The van der Waals surface area contributed by atoms with E-state index in [0.29, 0.717) is 37.6 Å². The van der Waals surface area contributed by atoms with Gasteiger partial charge in [0.05, 0.1) is 18.8 Å². The number of hydrazine groups is 1. The zero-order valence-electron chi connectivity index (χ0n) is 9.28. The second-order valence-electron chi connectivity index (χ2n) is 3.78. The summed E-state index contributed by atoms with van der Waals surface area (Å²) in [6.07, 6.45) is 0. The van der Waals surface area contributed by atoms with Crippen LogP contribution in [0.25, 0.3) is 0 Å². The number of nitrogens with one attached hydrogen (secondary N) is 1. The molecule has 6 heteroatoms. The molecule has 1 fully saturated rings. The maximum absolute atomic E-state index is 12.0. The lowest BCUT2D eigenvalue weighted by molar-refractivity contribution is 0.0126. The van der Waals surface area contributed by atoms with Crippen LogP contribution in [0, 0.1) is 0 Å². The highest BCUT2D eigenvalue weighted by Gasteiger charge is 2.16. The lowest BCUT2D eigenvalue weighted by atomic mass is 10.2. The Morgan fingerprint density at radius 2 is 2.12 bits per heavy atom. The Hall–Kier alpha value is -1.11. The van der Waals surface area contributed by atoms with Crippen molar-refractivity contribution in [3.05, 3.63) is 28.2 Å². The molecule has 3 N–H and O–H groups in total. The minimum atomic E-state index is -0.161. The van der Waals surface area contributed by atoms with E-state index >= 15 is 0 Å². The molecule has 1 aliphatic heterocycles. The molecule has 0 spiro atoms. The van der Waals surface area contributed by atoms with Crippen LogP contribution in [0.1, 0.15) is 10.4 Å². The number of nitrogen functional groups attached to an aromatic ring is 1. The van der Waals surface area contributed by atoms with E-state index in [-0.39, 0.29) is 5.91 Å². The van der Waals surface area contributed by atoms with Crippen molar-refractivity contribution < 1.29 is 9.53 Å². The van der Waals surface area contributed by atoms with Gasteiger partial charge in [-0.1, -0.05) is 0 Å². The largest absolute Gasteiger partial charge is 0.399 e. The van der Waals surface area contributed by atoms with Crippen molar-refractivity contribution in [2.24, 2.45) is 0 Å². The maximum Gasteiger partial charge on any atom is 0.266 e. The number of nitrogens with zero attached hydrogens (tertiary/aromatic N) is 1. The summed E-state index contributed by atoms with van der Waals surface area (Å²) in [5, 5.41) is 1.85. The summed E-state index contributed by atoms with van der Waals surface area (Å²) in [5.41, 5.74) is 9.60. The van der Waals surface area contributed by atoms with Crippen molar-refractivity contribution in [3.63, 3.8) is 0 Å². The van der Waals surface area contributed by atoms with Gasteiger partial charge in [-0.3, -0.25) is 10.2 Å². The molecule has 1 amide bonds. The number of ether oxygens (including phenoxy) is 1. The van der Waals surface area contributed by atoms with Crippen molar-refractivity contribution in [1.29, 1.82) is 0 Å². The number of anilines is 1. The van der Waals surface area contributed by atoms with Crippen molar-refractivity contribution in [3.8, 4) is 0 Å². The molecule has 0 bridgehead atoms. The fourth-order valence-corrected chi connectivity index (χ4v) is 2.02. The molecule has 1 saturated heterocycles. The van der Waals surface area contributed by atoms with Crippen LogP contribution in [-0.4, -0.2) is 37.2 Å². The van der Waals surface area contributed by atoms with Crippen molar-refractivity contribution >= 4 is 27.5 Å². The van der Waals surface area contributed by atoms with Gasteiger partial charge in [0.2, 0.25) is 0 Å². The molecule has 2 rings (SSSR count). The van der Waals surface area contributed by atoms with E-state index in [0.717, 1.165) is 4.47 Å². The van der Waals surface area contributed by atoms with E-state index in [4.69, 9.17) is 10.5 Å². The van der Waals surface area contributed by atoms with Crippen LogP contribution in [0.3, 0.4) is 0 Å². The average Bonchev–Trinajstić information content (AvgIpc) is 2.33. The molecule has 1 heterocycles. The lowest BCUT2D eigenvalue weighted by Crippen LogP contribution is -2.48. The van der Waals surface area contributed by atoms with Crippen molar-refractivity contribution in [1.82, 2.24) is 10.4 Å². The summed E-state index contributed by atoms with van der Waals surface area (Å²) in [4.78, 5) is 12.0. The summed E-state index contributed by atoms with van der Waals surface area (Å²) in [7, 11) is 0. The van der Waals surface area contributed by atoms with E-state index in [1.165, 1.54) is 0 Å². The highest BCUT2D eigenvalue weighted by Crippen LogP contribution is 2.19. The van der Waals surface area contributed by atoms with E-state index in [1.807, 2.05) is 5.01 Å². The normalized spacial score (nSPS) is 16.8. The number of carbonyl (C=O) groups excluding carboxylic acids is 1. The van der Waals surface area contributed by atoms with Gasteiger partial charge >= 0.3 is 0 Å². The number of carbonyl (C=O) groups is 1. The quantitative estimate of drug-likeness (QED) is 0.800. The predicted octanol–water partition coefficient (Wildman–Crippen LogP) is 1.01. The smallest absolute Gasteiger partial charge is 0.266 e. The molecule has 0 aromatic heterocycles. The molecule has 5 nitrogen and oxygen atoms in total. The summed E-state index contributed by atoms with van der Waals surface area (Å²) < 4.78 is 5.94. The topological polar surface area (TPSA) is 67.6 Å². The maximum atomic E-state index is 12.0. The Labute approximate surface area is 108 Å². The predicted molar refractivity (Wildman–Crippen MR) is 68.4 cm³/mol. The Morgan fingerprint density at radius 3 is 2.82 bits per heavy atom. The highest BCUT2D eigenvalue weighted by atomic mass is 79.9. The highest BCUT2D eigenvalue weighted by molar-refractivity contribution is 9.10. The second-order valence-corrected chi connectivity index (χ2v) is 4.63. The summed E-state index contributed by atoms with van der Waals surface area (Å²) in [6.45, 7) is 2.67. The molecule has 0 radical (unpaired) electrons. The van der Waals surface area contributed by atoms with Gasteiger partial charge in [-0.15, -0.1) is 0 Å². The van der Waals surface area contributed by atoms with E-state index < -0.39 is 0 Å². The Kier molecular flexibility index (Phi) is 3.98. The number of nitrogens with two attached hydrogens (primary N) is 1. The molecule has 0 atom stereocenters. The minimum Gasteiger partial charge on any atom is -0.399 e. The molecule has 92 valence electrons. The van der Waals surface area contributed by atoms with Gasteiger partial charge in [0.1, 0.15) is 0 Å². The molecular formula is C11H14BrN3O2. The molecule has 1 aromatic carbocycles. The number of morpholine rings is 1. The van der Waals surface area contributed by atoms with Gasteiger partial charge in [0.25, 0.3) is 5.91 Å². The van der Waals surface area contributed by atoms with Crippen LogP contribution in [0.2, 0.25) is 0 Å². The number of benzene rings is 1. The number of hydrogen-bond donors (Lipinski definition) is 2. The van der Waals surface area contributed by atoms with Crippen molar-refractivity contribution in [2.75, 3.05) is 32.0 Å². The first-order valence-electron chi connectivity index (χ1n) is 5.35. The molecule has 1 aliphatic rings. The molecule has 0 saturated carbocycles. The number of hydrogen-bond acceptors (Lipinski definition) is 4. The van der Waals surface area contributed by atoms with Crippen LogP contribution >= 0.6 is 15.9 Å². The molecule has 1 aromatic rings. The molecule has 0 unspecified atom stereocenters. The first-order chi connectivity index (χ1) is 8.16. The Bertz CT molecular complexity index is 419. The minimum absolute atomic E-state index is 0.161. The van der Waals surface area contributed by atoms with Crippen LogP contribution in [-0.2, 0) is 4.74 Å². The average molecular weight is 300 g/mol. The number of rotatable bonds is 2. The summed E-state index contributed by atoms with van der Waals surface area (Å²) in [6, 6.07) is 5.17. The van der Waals surface area contributed by atoms with Gasteiger partial charge in [-0.2, -0.15) is 0 Å². The standard InChI is InChI=1S/C11H14BrN3O2/c12-10-2-1-8(13)7-9(10)11(16)14-15-3-5-17-6-4-15/h1-2,7H,3-6,13H2,(H,14,16). The Morgan fingerprint density at radius 1 is 1.41 bits per heavy atom. The summed E-state index contributed by atoms with van der Waals surface area (Å²) in [5.74, 6) is -0.161. The molecule has 17 heavy (non-hydrogen) atoms. The summed E-state index contributed by atoms with van der Waals surface area (Å²) >= 11 is 3.34. The Balaban J connectivity index is 2.05. The third-order valence-corrected chi connectivity index (χ3v) is 3.20. The molecular weight excluding hydrogens is 286 g/mol. The van der Waals surface area contributed by atoms with Crippen LogP contribution < -0.4 is 11.2 Å². The van der Waals surface area contributed by atoms with Crippen molar-refractivity contribution in [2.45, 2.75) is 0 Å². The van der Waals surface area contributed by atoms with Gasteiger partial charge < -0.3 is 10.5 Å². The van der Waals surface area contributed by atoms with Gasteiger partial charge in [0.15, 0.2) is 0 Å². The molecule has 0 aliphatic carbocycles. The zero-order chi connectivity index (χ0) is 12.3. The SMILES string of the molecule is Nc1ccc(Br)c(C(=O)NN2CCOCC2)c1. The zero-order valence-corrected chi connectivity index (χ0v) is 10.9. The van der Waals surface area contributed by atoms with Gasteiger partial charge in [-0.05, 0) is 34.1 Å². The van der Waals surface area contributed by atoms with Crippen LogP contribution in [0.15, 0.2) is 22.7 Å².